The van der Waals surface area contributed by atoms with Crippen LogP contribution >= 0.6 is 0 Å². The number of nitrogens with zero attached hydrogens (tertiary/aromatic N) is 1. The van der Waals surface area contributed by atoms with Gasteiger partial charge in [0.1, 0.15) is 5.75 Å². The molecule has 0 N–H and O–H groups in total. The number of carbonyl (C=O) groups excluding carboxylic acids is 1. The van der Waals surface area contributed by atoms with Crippen LogP contribution in [0.1, 0.15) is 48.9 Å². The summed E-state index contributed by atoms with van der Waals surface area (Å²) in [5.41, 5.74) is 6.33. The van der Waals surface area contributed by atoms with Gasteiger partial charge in [0.25, 0.3) is 0 Å². The third kappa shape index (κ3) is 1.93. The zero-order valence-corrected chi connectivity index (χ0v) is 14.3. The summed E-state index contributed by atoms with van der Waals surface area (Å²) >= 11 is 0. The van der Waals surface area contributed by atoms with Crippen molar-refractivity contribution in [2.24, 2.45) is 0 Å². The highest BCUT2D eigenvalue weighted by molar-refractivity contribution is 5.82. The molecule has 2 aliphatic rings. The Morgan fingerprint density at radius 2 is 1.91 bits per heavy atom. The van der Waals surface area contributed by atoms with Gasteiger partial charge in [-0.1, -0.05) is 6.92 Å². The molecule has 0 fully saturated rings. The van der Waals surface area contributed by atoms with Crippen LogP contribution in [0.3, 0.4) is 0 Å². The summed E-state index contributed by atoms with van der Waals surface area (Å²) in [7, 11) is 0. The minimum atomic E-state index is -0.533. The normalized spacial score (nSPS) is 25.7. The van der Waals surface area contributed by atoms with E-state index < -0.39 is 6.10 Å². The molecule has 4 heteroatoms. The Kier molecular flexibility index (Phi) is 3.58. The van der Waals surface area contributed by atoms with E-state index in [4.69, 9.17) is 9.47 Å². The van der Waals surface area contributed by atoms with E-state index in [-0.39, 0.29) is 5.97 Å². The topological polar surface area (TPSA) is 38.8 Å². The van der Waals surface area contributed by atoms with Crippen LogP contribution < -0.4 is 9.64 Å². The van der Waals surface area contributed by atoms with Crippen LogP contribution in [0.4, 0.5) is 5.69 Å². The second-order valence-corrected chi connectivity index (χ2v) is 6.51. The Morgan fingerprint density at radius 3 is 2.55 bits per heavy atom. The van der Waals surface area contributed by atoms with Gasteiger partial charge in [-0.25, -0.2) is 4.79 Å². The lowest BCUT2D eigenvalue weighted by molar-refractivity contribution is -0.151. The van der Waals surface area contributed by atoms with Crippen molar-refractivity contribution >= 4 is 11.7 Å². The molecule has 3 unspecified atom stereocenters. The zero-order chi connectivity index (χ0) is 16.2. The van der Waals surface area contributed by atoms with Crippen LogP contribution in [0.2, 0.25) is 0 Å². The molecular weight excluding hydrogens is 278 g/mol. The van der Waals surface area contributed by atoms with Gasteiger partial charge in [0, 0.05) is 12.0 Å². The fraction of sp³-hybridized carbons (Fsp3) is 0.611. The van der Waals surface area contributed by atoms with Gasteiger partial charge in [-0.3, -0.25) is 0 Å². The van der Waals surface area contributed by atoms with Crippen LogP contribution in [0.5, 0.6) is 5.75 Å². The molecule has 22 heavy (non-hydrogen) atoms. The number of benzene rings is 1. The summed E-state index contributed by atoms with van der Waals surface area (Å²) in [6, 6.07) is 0.370. The van der Waals surface area contributed by atoms with Gasteiger partial charge < -0.3 is 14.4 Å². The van der Waals surface area contributed by atoms with Gasteiger partial charge in [0.05, 0.1) is 18.8 Å². The number of hydrogen-bond acceptors (Lipinski definition) is 4. The van der Waals surface area contributed by atoms with Gasteiger partial charge in [0.2, 0.25) is 6.10 Å². The Hall–Kier alpha value is -1.71. The number of ether oxygens (including phenoxy) is 2. The monoisotopic (exact) mass is 303 g/mol. The Morgan fingerprint density at radius 1 is 1.23 bits per heavy atom. The molecule has 0 bridgehead atoms. The molecule has 0 aromatic heterocycles. The van der Waals surface area contributed by atoms with Crippen molar-refractivity contribution in [2.45, 2.75) is 59.6 Å². The van der Waals surface area contributed by atoms with Crippen molar-refractivity contribution in [1.82, 2.24) is 0 Å². The highest BCUT2D eigenvalue weighted by atomic mass is 16.6. The maximum atomic E-state index is 12.2. The highest BCUT2D eigenvalue weighted by Gasteiger charge is 2.44. The van der Waals surface area contributed by atoms with Crippen LogP contribution in [-0.4, -0.2) is 31.3 Å². The van der Waals surface area contributed by atoms with Crippen molar-refractivity contribution in [1.29, 1.82) is 0 Å². The van der Waals surface area contributed by atoms with Crippen LogP contribution in [0, 0.1) is 20.8 Å². The first kappa shape index (κ1) is 15.2. The summed E-state index contributed by atoms with van der Waals surface area (Å²) in [6.45, 7) is 13.7. The van der Waals surface area contributed by atoms with E-state index in [1.807, 2.05) is 6.92 Å². The smallest absolute Gasteiger partial charge is 0.349 e. The third-order valence-corrected chi connectivity index (χ3v) is 5.47. The first-order chi connectivity index (χ1) is 10.4. The largest absolute Gasteiger partial charge is 0.474 e. The molecule has 2 aliphatic heterocycles. The zero-order valence-electron chi connectivity index (χ0n) is 14.3. The second-order valence-electron chi connectivity index (χ2n) is 6.51. The first-order valence-electron chi connectivity index (χ1n) is 8.12. The van der Waals surface area contributed by atoms with Crippen molar-refractivity contribution in [2.75, 3.05) is 18.1 Å². The predicted molar refractivity (Wildman–Crippen MR) is 86.9 cm³/mol. The molecule has 0 saturated heterocycles. The Labute approximate surface area is 132 Å². The standard InChI is InChI=1S/C18H25NO3/c1-7-21-18(20)14-8-19-13(6)12(5)15-10(3)9(2)11(4)17(22-14)16(15)19/h12-14H,7-8H2,1-6H3. The average molecular weight is 303 g/mol. The molecule has 0 aliphatic carbocycles. The van der Waals surface area contributed by atoms with Gasteiger partial charge in [-0.15, -0.1) is 0 Å². The van der Waals surface area contributed by atoms with E-state index >= 15 is 0 Å². The molecule has 2 heterocycles. The van der Waals surface area contributed by atoms with Crippen LogP contribution in [-0.2, 0) is 9.53 Å². The number of carbonyl (C=O) groups is 1. The fourth-order valence-electron chi connectivity index (χ4n) is 3.81. The third-order valence-electron chi connectivity index (χ3n) is 5.47. The highest BCUT2D eigenvalue weighted by Crippen LogP contribution is 2.52. The van der Waals surface area contributed by atoms with Crippen LogP contribution in [0.15, 0.2) is 0 Å². The summed E-state index contributed by atoms with van der Waals surface area (Å²) < 4.78 is 11.3. The van der Waals surface area contributed by atoms with Crippen molar-refractivity contribution in [3.63, 3.8) is 0 Å². The van der Waals surface area contributed by atoms with Gasteiger partial charge in [-0.05, 0) is 56.9 Å². The SMILES string of the molecule is CCOC(=O)C1CN2c3c(c(C)c(C)c(C)c3C(C)C2C)O1. The number of esters is 1. The van der Waals surface area contributed by atoms with Crippen molar-refractivity contribution in [3.8, 4) is 5.75 Å². The number of rotatable bonds is 2. The van der Waals surface area contributed by atoms with Gasteiger partial charge in [0.15, 0.2) is 0 Å². The molecule has 0 amide bonds. The average Bonchev–Trinajstić information content (AvgIpc) is 2.75. The van der Waals surface area contributed by atoms with Gasteiger partial charge in [-0.2, -0.15) is 0 Å². The van der Waals surface area contributed by atoms with E-state index in [0.29, 0.717) is 25.1 Å². The van der Waals surface area contributed by atoms with Crippen molar-refractivity contribution < 1.29 is 14.3 Å². The molecule has 0 spiro atoms. The van der Waals surface area contributed by atoms with Crippen molar-refractivity contribution in [3.05, 3.63) is 22.3 Å². The molecule has 0 saturated carbocycles. The molecular formula is C18H25NO3. The minimum Gasteiger partial charge on any atom is -0.474 e. The molecule has 1 aromatic rings. The van der Waals surface area contributed by atoms with Crippen LogP contribution in [0.25, 0.3) is 0 Å². The predicted octanol–water partition coefficient (Wildman–Crippen LogP) is 3.25. The Balaban J connectivity index is 2.13. The summed E-state index contributed by atoms with van der Waals surface area (Å²) in [6.07, 6.45) is -0.533. The molecule has 1 aromatic carbocycles. The molecule has 3 atom stereocenters. The summed E-state index contributed by atoms with van der Waals surface area (Å²) in [4.78, 5) is 14.5. The maximum Gasteiger partial charge on any atom is 0.349 e. The quantitative estimate of drug-likeness (QED) is 0.786. The van der Waals surface area contributed by atoms with E-state index in [1.165, 1.54) is 22.4 Å². The first-order valence-corrected chi connectivity index (χ1v) is 8.12. The lowest BCUT2D eigenvalue weighted by Crippen LogP contribution is -2.47. The number of hydrogen-bond donors (Lipinski definition) is 0. The Bertz CT molecular complexity index is 638. The molecule has 4 nitrogen and oxygen atoms in total. The lowest BCUT2D eigenvalue weighted by Gasteiger charge is -2.36. The van der Waals surface area contributed by atoms with Gasteiger partial charge >= 0.3 is 5.97 Å². The lowest BCUT2D eigenvalue weighted by atomic mass is 9.89. The minimum absolute atomic E-state index is 0.265. The van der Waals surface area contributed by atoms with E-state index in [0.717, 1.165) is 11.3 Å². The van der Waals surface area contributed by atoms with E-state index in [9.17, 15) is 4.79 Å². The van der Waals surface area contributed by atoms with E-state index in [1.54, 1.807) is 0 Å². The number of anilines is 1. The molecule has 120 valence electrons. The molecule has 3 rings (SSSR count). The fourth-order valence-corrected chi connectivity index (χ4v) is 3.81. The summed E-state index contributed by atoms with van der Waals surface area (Å²) in [5.74, 6) is 1.05. The van der Waals surface area contributed by atoms with E-state index in [2.05, 4.69) is 39.5 Å². The second kappa shape index (κ2) is 5.18. The maximum absolute atomic E-state index is 12.2. The summed E-state index contributed by atoms with van der Waals surface area (Å²) in [5, 5.41) is 0. The molecule has 0 radical (unpaired) electrons.